The zero-order valence-corrected chi connectivity index (χ0v) is 11.0. The van der Waals surface area contributed by atoms with Crippen molar-refractivity contribution in [2.24, 2.45) is 5.10 Å². The first-order valence-corrected chi connectivity index (χ1v) is 6.00. The Bertz CT molecular complexity index is 745. The van der Waals surface area contributed by atoms with Crippen LogP contribution in [0.5, 0.6) is 0 Å². The van der Waals surface area contributed by atoms with Crippen LogP contribution in [0.2, 0.25) is 0 Å². The molecule has 0 saturated heterocycles. The molecule has 0 fully saturated rings. The van der Waals surface area contributed by atoms with Crippen molar-refractivity contribution in [1.82, 2.24) is 5.43 Å². The van der Waals surface area contributed by atoms with Crippen LogP contribution < -0.4 is 5.43 Å². The van der Waals surface area contributed by atoms with Crippen molar-refractivity contribution in [1.29, 1.82) is 0 Å². The summed E-state index contributed by atoms with van der Waals surface area (Å²) in [4.78, 5) is 21.6. The number of carbonyl (C=O) groups excluding carboxylic acids is 1. The molecule has 1 N–H and O–H groups in total. The molecule has 2 aromatic rings. The SMILES string of the molecule is O=C(N/N=C/c1ccc(F)cc1F)c1ccc([N+](=O)[O-])cc1. The predicted octanol–water partition coefficient (Wildman–Crippen LogP) is 2.64. The highest BCUT2D eigenvalue weighted by Crippen LogP contribution is 2.11. The molecule has 0 radical (unpaired) electrons. The molecular weight excluding hydrogens is 296 g/mol. The number of carbonyl (C=O) groups is 1. The standard InChI is InChI=1S/C14H9F2N3O3/c15-11-4-1-10(13(16)7-11)8-17-18-14(20)9-2-5-12(6-3-9)19(21)22/h1-8H,(H,18,20)/b17-8+. The Labute approximate surface area is 123 Å². The summed E-state index contributed by atoms with van der Waals surface area (Å²) in [6.07, 6.45) is 1.03. The van der Waals surface area contributed by atoms with Gasteiger partial charge in [0.25, 0.3) is 11.6 Å². The van der Waals surface area contributed by atoms with E-state index in [0.29, 0.717) is 6.07 Å². The Morgan fingerprint density at radius 3 is 2.45 bits per heavy atom. The third kappa shape index (κ3) is 3.69. The van der Waals surface area contributed by atoms with Crippen molar-refractivity contribution >= 4 is 17.8 Å². The lowest BCUT2D eigenvalue weighted by atomic mass is 10.2. The third-order valence-electron chi connectivity index (χ3n) is 2.67. The molecule has 22 heavy (non-hydrogen) atoms. The Morgan fingerprint density at radius 1 is 1.18 bits per heavy atom. The number of halogens is 2. The van der Waals surface area contributed by atoms with Crippen molar-refractivity contribution in [2.45, 2.75) is 0 Å². The first-order valence-electron chi connectivity index (χ1n) is 6.00. The molecule has 112 valence electrons. The van der Waals surface area contributed by atoms with Crippen molar-refractivity contribution < 1.29 is 18.5 Å². The average Bonchev–Trinajstić information content (AvgIpc) is 2.49. The van der Waals surface area contributed by atoms with E-state index in [1.165, 1.54) is 30.3 Å². The Kier molecular flexibility index (Phi) is 4.52. The summed E-state index contributed by atoms with van der Waals surface area (Å²) in [5.41, 5.74) is 2.15. The maximum absolute atomic E-state index is 13.3. The summed E-state index contributed by atoms with van der Waals surface area (Å²) in [7, 11) is 0. The molecule has 0 saturated carbocycles. The van der Waals surface area contributed by atoms with Gasteiger partial charge >= 0.3 is 0 Å². The van der Waals surface area contributed by atoms with Crippen LogP contribution in [-0.2, 0) is 0 Å². The molecule has 0 unspecified atom stereocenters. The molecule has 0 aliphatic carbocycles. The van der Waals surface area contributed by atoms with E-state index in [1.54, 1.807) is 0 Å². The van der Waals surface area contributed by atoms with Crippen molar-refractivity contribution in [3.63, 3.8) is 0 Å². The van der Waals surface area contributed by atoms with Crippen molar-refractivity contribution in [2.75, 3.05) is 0 Å². The summed E-state index contributed by atoms with van der Waals surface area (Å²) >= 11 is 0. The van der Waals surface area contributed by atoms with Crippen LogP contribution in [0, 0.1) is 21.7 Å². The van der Waals surface area contributed by atoms with E-state index in [0.717, 1.165) is 12.3 Å². The van der Waals surface area contributed by atoms with Gasteiger partial charge in [-0.1, -0.05) is 0 Å². The highest BCUT2D eigenvalue weighted by molar-refractivity contribution is 5.95. The Balaban J connectivity index is 2.02. The lowest BCUT2D eigenvalue weighted by Crippen LogP contribution is -2.17. The normalized spacial score (nSPS) is 10.6. The van der Waals surface area contributed by atoms with E-state index < -0.39 is 22.5 Å². The van der Waals surface area contributed by atoms with Gasteiger partial charge < -0.3 is 0 Å². The molecule has 1 amide bonds. The minimum atomic E-state index is -0.812. The van der Waals surface area contributed by atoms with Crippen molar-refractivity contribution in [3.05, 3.63) is 75.3 Å². The number of hydrogen-bond donors (Lipinski definition) is 1. The fourth-order valence-corrected chi connectivity index (χ4v) is 1.57. The largest absolute Gasteiger partial charge is 0.271 e. The fourth-order valence-electron chi connectivity index (χ4n) is 1.57. The maximum Gasteiger partial charge on any atom is 0.271 e. The molecule has 0 spiro atoms. The number of rotatable bonds is 4. The van der Waals surface area contributed by atoms with Gasteiger partial charge in [0, 0.05) is 29.3 Å². The number of hydrazone groups is 1. The summed E-state index contributed by atoms with van der Waals surface area (Å²) in [6.45, 7) is 0. The second-order valence-corrected chi connectivity index (χ2v) is 4.17. The van der Waals surface area contributed by atoms with Crippen LogP contribution in [0.25, 0.3) is 0 Å². The molecule has 0 aromatic heterocycles. The highest BCUT2D eigenvalue weighted by Gasteiger charge is 2.08. The smallest absolute Gasteiger partial charge is 0.267 e. The second kappa shape index (κ2) is 6.53. The fraction of sp³-hybridized carbons (Fsp3) is 0. The quantitative estimate of drug-likeness (QED) is 0.535. The predicted molar refractivity (Wildman–Crippen MR) is 74.5 cm³/mol. The van der Waals surface area contributed by atoms with Gasteiger partial charge in [-0.25, -0.2) is 14.2 Å². The zero-order valence-electron chi connectivity index (χ0n) is 11.0. The topological polar surface area (TPSA) is 84.6 Å². The molecule has 0 bridgehead atoms. The van der Waals surface area contributed by atoms with Crippen LogP contribution >= 0.6 is 0 Å². The van der Waals surface area contributed by atoms with Crippen LogP contribution in [0.4, 0.5) is 14.5 Å². The number of nitrogens with one attached hydrogen (secondary N) is 1. The molecule has 2 aromatic carbocycles. The van der Waals surface area contributed by atoms with Gasteiger partial charge in [-0.05, 0) is 24.3 Å². The van der Waals surface area contributed by atoms with Crippen LogP contribution in [0.3, 0.4) is 0 Å². The van der Waals surface area contributed by atoms with Crippen LogP contribution in [-0.4, -0.2) is 17.0 Å². The molecule has 8 heteroatoms. The molecular formula is C14H9F2N3O3. The molecule has 0 atom stereocenters. The molecule has 6 nitrogen and oxygen atoms in total. The number of nitro benzene ring substituents is 1. The summed E-state index contributed by atoms with van der Waals surface area (Å²) in [6, 6.07) is 7.81. The van der Waals surface area contributed by atoms with E-state index in [9.17, 15) is 23.7 Å². The third-order valence-corrected chi connectivity index (χ3v) is 2.67. The first kappa shape index (κ1) is 15.2. The summed E-state index contributed by atoms with van der Waals surface area (Å²) < 4.78 is 26.0. The lowest BCUT2D eigenvalue weighted by Gasteiger charge is -2.00. The van der Waals surface area contributed by atoms with Gasteiger partial charge in [0.05, 0.1) is 11.1 Å². The zero-order chi connectivity index (χ0) is 16.1. The molecule has 0 heterocycles. The summed E-state index contributed by atoms with van der Waals surface area (Å²) in [5.74, 6) is -2.15. The number of non-ortho nitro benzene ring substituents is 1. The van der Waals surface area contributed by atoms with E-state index >= 15 is 0 Å². The van der Waals surface area contributed by atoms with E-state index in [2.05, 4.69) is 10.5 Å². The van der Waals surface area contributed by atoms with Crippen LogP contribution in [0.15, 0.2) is 47.6 Å². The molecule has 2 rings (SSSR count). The lowest BCUT2D eigenvalue weighted by molar-refractivity contribution is -0.384. The van der Waals surface area contributed by atoms with E-state index in [-0.39, 0.29) is 16.8 Å². The molecule has 0 aliphatic heterocycles. The molecule has 0 aliphatic rings. The first-order chi connectivity index (χ1) is 10.5. The monoisotopic (exact) mass is 305 g/mol. The second-order valence-electron chi connectivity index (χ2n) is 4.17. The van der Waals surface area contributed by atoms with E-state index in [4.69, 9.17) is 0 Å². The highest BCUT2D eigenvalue weighted by atomic mass is 19.1. The average molecular weight is 305 g/mol. The number of hydrogen-bond acceptors (Lipinski definition) is 4. The minimum Gasteiger partial charge on any atom is -0.267 e. The van der Waals surface area contributed by atoms with E-state index in [1.807, 2.05) is 0 Å². The summed E-state index contributed by atoms with van der Waals surface area (Å²) in [5, 5.41) is 14.0. The van der Waals surface area contributed by atoms with Gasteiger partial charge in [0.2, 0.25) is 0 Å². The number of benzene rings is 2. The number of nitrogens with zero attached hydrogens (tertiary/aromatic N) is 2. The maximum atomic E-state index is 13.3. The van der Waals surface area contributed by atoms with Gasteiger partial charge in [-0.3, -0.25) is 14.9 Å². The number of nitro groups is 1. The van der Waals surface area contributed by atoms with Gasteiger partial charge in [0.1, 0.15) is 11.6 Å². The number of amides is 1. The minimum absolute atomic E-state index is 0.00500. The Morgan fingerprint density at radius 2 is 1.86 bits per heavy atom. The van der Waals surface area contributed by atoms with Gasteiger partial charge in [-0.15, -0.1) is 0 Å². The Hall–Kier alpha value is -3.16. The van der Waals surface area contributed by atoms with Crippen LogP contribution in [0.1, 0.15) is 15.9 Å². The van der Waals surface area contributed by atoms with Gasteiger partial charge in [0.15, 0.2) is 0 Å². The van der Waals surface area contributed by atoms with Gasteiger partial charge in [-0.2, -0.15) is 5.10 Å². The van der Waals surface area contributed by atoms with Crippen molar-refractivity contribution in [3.8, 4) is 0 Å².